The standard InChI is InChI=1S/C14H24N2O/c1-3-16(10-13-7-5-9-17-13)14(11-15)8-4-6-12(14)2/h5,7,9,12H,3-4,6,8,10-11,15H2,1-2H3. The Balaban J connectivity index is 2.15. The number of hydrogen-bond donors (Lipinski definition) is 1. The van der Waals surface area contributed by atoms with Gasteiger partial charge in [0.05, 0.1) is 12.8 Å². The maximum Gasteiger partial charge on any atom is 0.117 e. The van der Waals surface area contributed by atoms with Gasteiger partial charge in [-0.2, -0.15) is 0 Å². The van der Waals surface area contributed by atoms with Crippen LogP contribution in [-0.2, 0) is 6.54 Å². The first-order valence-electron chi connectivity index (χ1n) is 6.70. The van der Waals surface area contributed by atoms with Crippen molar-refractivity contribution in [3.05, 3.63) is 24.2 Å². The van der Waals surface area contributed by atoms with Crippen LogP contribution in [0.1, 0.15) is 38.9 Å². The molecule has 3 heteroatoms. The third-order valence-corrected chi connectivity index (χ3v) is 4.46. The molecule has 0 bridgehead atoms. The van der Waals surface area contributed by atoms with E-state index in [9.17, 15) is 0 Å². The van der Waals surface area contributed by atoms with E-state index in [0.717, 1.165) is 25.4 Å². The number of nitrogens with two attached hydrogens (primary N) is 1. The predicted octanol–water partition coefficient (Wildman–Crippen LogP) is 2.62. The number of likely N-dealkylation sites (N-methyl/N-ethyl adjacent to an activating group) is 1. The summed E-state index contributed by atoms with van der Waals surface area (Å²) >= 11 is 0. The minimum Gasteiger partial charge on any atom is -0.468 e. The molecule has 2 unspecified atom stereocenters. The fraction of sp³-hybridized carbons (Fsp3) is 0.714. The van der Waals surface area contributed by atoms with Crippen molar-refractivity contribution in [2.75, 3.05) is 13.1 Å². The molecular formula is C14H24N2O. The second-order valence-corrected chi connectivity index (χ2v) is 5.19. The highest BCUT2D eigenvalue weighted by Crippen LogP contribution is 2.40. The van der Waals surface area contributed by atoms with Crippen LogP contribution in [0, 0.1) is 5.92 Å². The highest BCUT2D eigenvalue weighted by Gasteiger charge is 2.43. The van der Waals surface area contributed by atoms with E-state index in [1.807, 2.05) is 12.1 Å². The lowest BCUT2D eigenvalue weighted by Gasteiger charge is -2.43. The molecule has 0 aliphatic heterocycles. The van der Waals surface area contributed by atoms with E-state index in [1.54, 1.807) is 6.26 Å². The van der Waals surface area contributed by atoms with Gasteiger partial charge in [0, 0.05) is 12.1 Å². The van der Waals surface area contributed by atoms with Crippen molar-refractivity contribution in [1.82, 2.24) is 4.90 Å². The molecule has 3 nitrogen and oxygen atoms in total. The van der Waals surface area contributed by atoms with Crippen LogP contribution in [0.5, 0.6) is 0 Å². The fourth-order valence-electron chi connectivity index (χ4n) is 3.31. The van der Waals surface area contributed by atoms with Crippen LogP contribution in [0.4, 0.5) is 0 Å². The number of rotatable bonds is 5. The lowest BCUT2D eigenvalue weighted by atomic mass is 9.86. The van der Waals surface area contributed by atoms with E-state index in [-0.39, 0.29) is 5.54 Å². The second-order valence-electron chi connectivity index (χ2n) is 5.19. The zero-order chi connectivity index (χ0) is 12.3. The van der Waals surface area contributed by atoms with Crippen molar-refractivity contribution in [3.8, 4) is 0 Å². The summed E-state index contributed by atoms with van der Waals surface area (Å²) in [5.74, 6) is 1.72. The molecule has 96 valence electrons. The SMILES string of the molecule is CCN(Cc1ccco1)C1(CN)CCCC1C. The Kier molecular flexibility index (Phi) is 3.89. The summed E-state index contributed by atoms with van der Waals surface area (Å²) in [6, 6.07) is 4.00. The van der Waals surface area contributed by atoms with Gasteiger partial charge in [-0.15, -0.1) is 0 Å². The average Bonchev–Trinajstić information content (AvgIpc) is 2.96. The van der Waals surface area contributed by atoms with Crippen LogP contribution in [0.25, 0.3) is 0 Å². The molecule has 2 N–H and O–H groups in total. The van der Waals surface area contributed by atoms with Crippen molar-refractivity contribution in [1.29, 1.82) is 0 Å². The van der Waals surface area contributed by atoms with Gasteiger partial charge in [0.15, 0.2) is 0 Å². The minimum atomic E-state index is 0.182. The molecule has 1 aromatic rings. The van der Waals surface area contributed by atoms with E-state index in [0.29, 0.717) is 5.92 Å². The minimum absolute atomic E-state index is 0.182. The molecular weight excluding hydrogens is 212 g/mol. The van der Waals surface area contributed by atoms with E-state index in [1.165, 1.54) is 19.3 Å². The largest absolute Gasteiger partial charge is 0.468 e. The molecule has 1 aliphatic rings. The summed E-state index contributed by atoms with van der Waals surface area (Å²) in [6.45, 7) is 7.21. The highest BCUT2D eigenvalue weighted by atomic mass is 16.3. The lowest BCUT2D eigenvalue weighted by molar-refractivity contribution is 0.0551. The normalized spacial score (nSPS) is 29.1. The van der Waals surface area contributed by atoms with Gasteiger partial charge in [-0.3, -0.25) is 4.90 Å². The molecule has 0 radical (unpaired) electrons. The molecule has 0 aromatic carbocycles. The molecule has 1 fully saturated rings. The molecule has 1 aliphatic carbocycles. The maximum atomic E-state index is 6.09. The van der Waals surface area contributed by atoms with E-state index in [2.05, 4.69) is 18.7 Å². The molecule has 2 rings (SSSR count). The van der Waals surface area contributed by atoms with Crippen molar-refractivity contribution in [3.63, 3.8) is 0 Å². The summed E-state index contributed by atoms with van der Waals surface area (Å²) in [5.41, 5.74) is 6.27. The summed E-state index contributed by atoms with van der Waals surface area (Å²) in [7, 11) is 0. The number of hydrogen-bond acceptors (Lipinski definition) is 3. The lowest BCUT2D eigenvalue weighted by Crippen LogP contribution is -2.55. The fourth-order valence-corrected chi connectivity index (χ4v) is 3.31. The van der Waals surface area contributed by atoms with Gasteiger partial charge >= 0.3 is 0 Å². The predicted molar refractivity (Wildman–Crippen MR) is 69.6 cm³/mol. The van der Waals surface area contributed by atoms with Crippen molar-refractivity contribution in [2.24, 2.45) is 11.7 Å². The Morgan fingerprint density at radius 3 is 2.88 bits per heavy atom. The monoisotopic (exact) mass is 236 g/mol. The summed E-state index contributed by atoms with van der Waals surface area (Å²) in [4.78, 5) is 2.50. The quantitative estimate of drug-likeness (QED) is 0.854. The van der Waals surface area contributed by atoms with Crippen LogP contribution in [0.15, 0.2) is 22.8 Å². The Bertz CT molecular complexity index is 336. The molecule has 1 saturated carbocycles. The Morgan fingerprint density at radius 2 is 2.41 bits per heavy atom. The Hall–Kier alpha value is -0.800. The van der Waals surface area contributed by atoms with Gasteiger partial charge in [0.1, 0.15) is 5.76 Å². The molecule has 0 saturated heterocycles. The van der Waals surface area contributed by atoms with Crippen LogP contribution in [0.3, 0.4) is 0 Å². The number of nitrogens with zero attached hydrogens (tertiary/aromatic N) is 1. The molecule has 0 amide bonds. The molecule has 0 spiro atoms. The molecule has 17 heavy (non-hydrogen) atoms. The van der Waals surface area contributed by atoms with Crippen LogP contribution >= 0.6 is 0 Å². The van der Waals surface area contributed by atoms with Gasteiger partial charge in [0.25, 0.3) is 0 Å². The Morgan fingerprint density at radius 1 is 1.59 bits per heavy atom. The molecule has 2 atom stereocenters. The highest BCUT2D eigenvalue weighted by molar-refractivity contribution is 5.04. The topological polar surface area (TPSA) is 42.4 Å². The second kappa shape index (κ2) is 5.23. The summed E-state index contributed by atoms with van der Waals surface area (Å²) in [5, 5.41) is 0. The zero-order valence-electron chi connectivity index (χ0n) is 11.0. The third kappa shape index (κ3) is 2.26. The maximum absolute atomic E-state index is 6.09. The molecule has 1 aromatic heterocycles. The van der Waals surface area contributed by atoms with Gasteiger partial charge in [-0.25, -0.2) is 0 Å². The summed E-state index contributed by atoms with van der Waals surface area (Å²) in [6.07, 6.45) is 5.56. The first kappa shape index (κ1) is 12.7. The van der Waals surface area contributed by atoms with Gasteiger partial charge < -0.3 is 10.2 Å². The van der Waals surface area contributed by atoms with Gasteiger partial charge in [0.2, 0.25) is 0 Å². The van der Waals surface area contributed by atoms with Crippen LogP contribution < -0.4 is 5.73 Å². The smallest absolute Gasteiger partial charge is 0.117 e. The van der Waals surface area contributed by atoms with E-state index in [4.69, 9.17) is 10.2 Å². The van der Waals surface area contributed by atoms with Crippen LogP contribution in [0.2, 0.25) is 0 Å². The van der Waals surface area contributed by atoms with Gasteiger partial charge in [-0.1, -0.05) is 20.3 Å². The first-order valence-corrected chi connectivity index (χ1v) is 6.70. The molecule has 1 heterocycles. The van der Waals surface area contributed by atoms with E-state index < -0.39 is 0 Å². The van der Waals surface area contributed by atoms with Crippen molar-refractivity contribution < 1.29 is 4.42 Å². The average molecular weight is 236 g/mol. The summed E-state index contributed by atoms with van der Waals surface area (Å²) < 4.78 is 5.47. The van der Waals surface area contributed by atoms with Crippen LogP contribution in [-0.4, -0.2) is 23.5 Å². The first-order chi connectivity index (χ1) is 8.23. The zero-order valence-corrected chi connectivity index (χ0v) is 11.0. The third-order valence-electron chi connectivity index (χ3n) is 4.46. The van der Waals surface area contributed by atoms with Crippen molar-refractivity contribution >= 4 is 0 Å². The van der Waals surface area contributed by atoms with E-state index >= 15 is 0 Å². The Labute approximate surface area is 104 Å². The van der Waals surface area contributed by atoms with Crippen molar-refractivity contribution in [2.45, 2.75) is 45.2 Å². The van der Waals surface area contributed by atoms with Gasteiger partial charge in [-0.05, 0) is 37.4 Å². The number of furan rings is 1.